The highest BCUT2D eigenvalue weighted by atomic mass is 35.5. The highest BCUT2D eigenvalue weighted by Crippen LogP contribution is 2.34. The molecular weight excluding hydrogens is 407 g/mol. The average Bonchev–Trinajstić information content (AvgIpc) is 3.14. The Morgan fingerprint density at radius 2 is 2.14 bits per heavy atom. The summed E-state index contributed by atoms with van der Waals surface area (Å²) in [4.78, 5) is 44.0. The van der Waals surface area contributed by atoms with E-state index in [1.165, 1.54) is 42.2 Å². The number of hydrogen-bond acceptors (Lipinski definition) is 5. The second-order valence-corrected chi connectivity index (χ2v) is 7.70. The molecule has 0 spiro atoms. The number of benzene rings is 1. The summed E-state index contributed by atoms with van der Waals surface area (Å²) in [5, 5.41) is 4.88. The van der Waals surface area contributed by atoms with Gasteiger partial charge in [-0.2, -0.15) is 0 Å². The fourth-order valence-electron chi connectivity index (χ4n) is 3.07. The zero-order valence-electron chi connectivity index (χ0n) is 15.5. The molecule has 1 unspecified atom stereocenters. The number of aromatic nitrogens is 1. The average molecular weight is 425 g/mol. The Morgan fingerprint density at radius 1 is 1.43 bits per heavy atom. The quantitative estimate of drug-likeness (QED) is 0.747. The van der Waals surface area contributed by atoms with E-state index in [0.717, 1.165) is 11.0 Å². The van der Waals surface area contributed by atoms with Gasteiger partial charge in [0, 0.05) is 29.4 Å². The van der Waals surface area contributed by atoms with E-state index in [2.05, 4.69) is 10.3 Å². The van der Waals surface area contributed by atoms with Crippen LogP contribution < -0.4 is 10.2 Å². The third-order valence-corrected chi connectivity index (χ3v) is 5.76. The normalized spacial score (nSPS) is 19.1. The smallest absolute Gasteiger partial charge is 0.319 e. The van der Waals surface area contributed by atoms with Crippen LogP contribution in [-0.4, -0.2) is 34.3 Å². The van der Waals surface area contributed by atoms with Crippen LogP contribution in [0, 0.1) is 5.82 Å². The van der Waals surface area contributed by atoms with Crippen LogP contribution in [0.3, 0.4) is 0 Å². The number of nitrogens with zero attached hydrogens (tertiary/aromatic N) is 3. The standard InChI is InChI=1S/C18H18ClFN4O3S/c1-4-23(10(2)25)17-21-12(9-28-17)8-24-15(26)18(3,22-16(24)27)13-6-5-11(20)7-14(13)19/h5-7,9H,4,8H2,1-3H3,(H,22,27). The van der Waals surface area contributed by atoms with E-state index in [0.29, 0.717) is 22.9 Å². The summed E-state index contributed by atoms with van der Waals surface area (Å²) in [6.07, 6.45) is 0. The number of thiazole rings is 1. The van der Waals surface area contributed by atoms with E-state index in [9.17, 15) is 18.8 Å². The van der Waals surface area contributed by atoms with Crippen LogP contribution in [0.4, 0.5) is 14.3 Å². The minimum atomic E-state index is -1.41. The van der Waals surface area contributed by atoms with Crippen molar-refractivity contribution in [1.29, 1.82) is 0 Å². The van der Waals surface area contributed by atoms with Crippen LogP contribution in [0.5, 0.6) is 0 Å². The largest absolute Gasteiger partial charge is 0.325 e. The molecule has 1 aromatic carbocycles. The fraction of sp³-hybridized carbons (Fsp3) is 0.333. The highest BCUT2D eigenvalue weighted by Gasteiger charge is 2.50. The lowest BCUT2D eigenvalue weighted by Crippen LogP contribution is -2.41. The number of hydrogen-bond donors (Lipinski definition) is 1. The molecule has 0 bridgehead atoms. The van der Waals surface area contributed by atoms with Gasteiger partial charge in [-0.1, -0.05) is 17.7 Å². The Bertz CT molecular complexity index is 966. The predicted molar refractivity (Wildman–Crippen MR) is 104 cm³/mol. The van der Waals surface area contributed by atoms with Gasteiger partial charge >= 0.3 is 6.03 Å². The molecule has 0 saturated carbocycles. The van der Waals surface area contributed by atoms with E-state index in [1.54, 1.807) is 5.38 Å². The van der Waals surface area contributed by atoms with Crippen molar-refractivity contribution in [2.45, 2.75) is 32.9 Å². The van der Waals surface area contributed by atoms with Gasteiger partial charge in [-0.3, -0.25) is 19.4 Å². The molecule has 1 fully saturated rings. The topological polar surface area (TPSA) is 82.6 Å². The lowest BCUT2D eigenvalue weighted by molar-refractivity contribution is -0.131. The molecule has 2 aromatic rings. The first-order chi connectivity index (χ1) is 13.2. The van der Waals surface area contributed by atoms with Crippen LogP contribution in [0.25, 0.3) is 0 Å². The van der Waals surface area contributed by atoms with E-state index in [4.69, 9.17) is 11.6 Å². The summed E-state index contributed by atoms with van der Waals surface area (Å²) >= 11 is 7.35. The van der Waals surface area contributed by atoms with Gasteiger partial charge in [-0.15, -0.1) is 11.3 Å². The number of imide groups is 1. The number of carbonyl (C=O) groups is 3. The Hall–Kier alpha value is -2.52. The van der Waals surface area contributed by atoms with Crippen LogP contribution in [0.15, 0.2) is 23.6 Å². The van der Waals surface area contributed by atoms with Gasteiger partial charge < -0.3 is 5.32 Å². The van der Waals surface area contributed by atoms with Gasteiger partial charge in [0.15, 0.2) is 5.13 Å². The summed E-state index contributed by atoms with van der Waals surface area (Å²) in [6, 6.07) is 3.06. The molecule has 1 aliphatic heterocycles. The summed E-state index contributed by atoms with van der Waals surface area (Å²) in [6.45, 7) is 5.21. The van der Waals surface area contributed by atoms with Crippen LogP contribution in [0.1, 0.15) is 32.0 Å². The summed E-state index contributed by atoms with van der Waals surface area (Å²) in [7, 11) is 0. The van der Waals surface area contributed by atoms with E-state index >= 15 is 0 Å². The van der Waals surface area contributed by atoms with Gasteiger partial charge in [-0.05, 0) is 26.0 Å². The first-order valence-electron chi connectivity index (χ1n) is 8.49. The maximum absolute atomic E-state index is 13.3. The Morgan fingerprint density at radius 3 is 2.75 bits per heavy atom. The molecule has 148 valence electrons. The van der Waals surface area contributed by atoms with Crippen molar-refractivity contribution in [2.75, 3.05) is 11.4 Å². The molecule has 3 rings (SSSR count). The molecule has 1 aromatic heterocycles. The molecule has 0 aliphatic carbocycles. The minimum absolute atomic E-state index is 0.0500. The lowest BCUT2D eigenvalue weighted by Gasteiger charge is -2.23. The molecule has 7 nitrogen and oxygen atoms in total. The number of amides is 4. The number of anilines is 1. The lowest BCUT2D eigenvalue weighted by atomic mass is 9.92. The zero-order valence-corrected chi connectivity index (χ0v) is 17.0. The molecule has 4 amide bonds. The van der Waals surface area contributed by atoms with Gasteiger partial charge in [0.2, 0.25) is 5.91 Å². The molecule has 28 heavy (non-hydrogen) atoms. The van der Waals surface area contributed by atoms with Gasteiger partial charge in [0.25, 0.3) is 5.91 Å². The molecular formula is C18H18ClFN4O3S. The summed E-state index contributed by atoms with van der Waals surface area (Å²) in [5.74, 6) is -1.19. The Labute approximate surface area is 170 Å². The number of nitrogens with one attached hydrogen (secondary N) is 1. The van der Waals surface area contributed by atoms with E-state index in [-0.39, 0.29) is 17.5 Å². The van der Waals surface area contributed by atoms with Crippen molar-refractivity contribution in [3.05, 3.63) is 45.7 Å². The Balaban J connectivity index is 1.85. The number of halogens is 2. The Kier molecular flexibility index (Phi) is 5.40. The zero-order chi connectivity index (χ0) is 20.6. The molecule has 1 aliphatic rings. The van der Waals surface area contributed by atoms with Gasteiger partial charge in [0.1, 0.15) is 11.4 Å². The first kappa shape index (κ1) is 20.2. The molecule has 1 atom stereocenters. The molecule has 1 N–H and O–H groups in total. The third-order valence-electron chi connectivity index (χ3n) is 4.53. The second kappa shape index (κ2) is 7.48. The monoisotopic (exact) mass is 424 g/mol. The first-order valence-corrected chi connectivity index (χ1v) is 9.75. The second-order valence-electron chi connectivity index (χ2n) is 6.46. The third kappa shape index (κ3) is 3.47. The summed E-state index contributed by atoms with van der Waals surface area (Å²) in [5.41, 5.74) is -0.614. The predicted octanol–water partition coefficient (Wildman–Crippen LogP) is 3.28. The minimum Gasteiger partial charge on any atom is -0.319 e. The van der Waals surface area contributed by atoms with Crippen molar-refractivity contribution < 1.29 is 18.8 Å². The van der Waals surface area contributed by atoms with E-state index in [1.807, 2.05) is 6.92 Å². The molecule has 2 heterocycles. The maximum Gasteiger partial charge on any atom is 0.325 e. The molecule has 0 radical (unpaired) electrons. The van der Waals surface area contributed by atoms with Gasteiger partial charge in [-0.25, -0.2) is 14.2 Å². The van der Waals surface area contributed by atoms with Crippen molar-refractivity contribution in [3.8, 4) is 0 Å². The fourth-order valence-corrected chi connectivity index (χ4v) is 4.35. The van der Waals surface area contributed by atoms with Crippen molar-refractivity contribution in [3.63, 3.8) is 0 Å². The highest BCUT2D eigenvalue weighted by molar-refractivity contribution is 7.14. The van der Waals surface area contributed by atoms with Crippen molar-refractivity contribution >= 4 is 45.9 Å². The number of urea groups is 1. The van der Waals surface area contributed by atoms with Gasteiger partial charge in [0.05, 0.1) is 12.2 Å². The maximum atomic E-state index is 13.3. The SMILES string of the molecule is CCN(C(C)=O)c1nc(CN2C(=O)NC(C)(c3ccc(F)cc3Cl)C2=O)cs1. The molecule has 1 saturated heterocycles. The van der Waals surface area contributed by atoms with Crippen LogP contribution in [0.2, 0.25) is 5.02 Å². The number of carbonyl (C=O) groups excluding carboxylic acids is 3. The van der Waals surface area contributed by atoms with Crippen LogP contribution in [-0.2, 0) is 21.7 Å². The number of rotatable bonds is 5. The molecule has 10 heteroatoms. The van der Waals surface area contributed by atoms with E-state index < -0.39 is 23.3 Å². The van der Waals surface area contributed by atoms with Crippen molar-refractivity contribution in [1.82, 2.24) is 15.2 Å². The summed E-state index contributed by atoms with van der Waals surface area (Å²) < 4.78 is 13.3. The van der Waals surface area contributed by atoms with Crippen molar-refractivity contribution in [2.24, 2.45) is 0 Å². The van der Waals surface area contributed by atoms with Crippen LogP contribution >= 0.6 is 22.9 Å².